The van der Waals surface area contributed by atoms with E-state index in [9.17, 15) is 9.90 Å². The van der Waals surface area contributed by atoms with Gasteiger partial charge in [0.15, 0.2) is 5.69 Å². The Bertz CT molecular complexity index is 524. The standard InChI is InChI=1S/C16H23N3O2/c1-9(2)15-18-8-13(14(19-15)16(20)21)17-7-12(10-3-4-10)11-5-6-11/h8-12,17H,3-7H2,1-2H3,(H,20,21). The van der Waals surface area contributed by atoms with Crippen molar-refractivity contribution < 1.29 is 9.90 Å². The number of aromatic nitrogens is 2. The third-order valence-electron chi connectivity index (χ3n) is 4.51. The molecule has 0 aliphatic heterocycles. The SMILES string of the molecule is CC(C)c1ncc(NCC(C2CC2)C2CC2)c(C(=O)O)n1. The van der Waals surface area contributed by atoms with Gasteiger partial charge in [-0.05, 0) is 43.4 Å². The summed E-state index contributed by atoms with van der Waals surface area (Å²) in [6.45, 7) is 4.77. The Balaban J connectivity index is 1.72. The zero-order chi connectivity index (χ0) is 15.0. The van der Waals surface area contributed by atoms with Gasteiger partial charge in [0, 0.05) is 12.5 Å². The molecule has 5 nitrogen and oxygen atoms in total. The van der Waals surface area contributed by atoms with Crippen LogP contribution >= 0.6 is 0 Å². The summed E-state index contributed by atoms with van der Waals surface area (Å²) in [7, 11) is 0. The number of hydrogen-bond acceptors (Lipinski definition) is 4. The van der Waals surface area contributed by atoms with Crippen molar-refractivity contribution in [3.63, 3.8) is 0 Å². The largest absolute Gasteiger partial charge is 0.476 e. The second-order valence-electron chi connectivity index (χ2n) is 6.67. The van der Waals surface area contributed by atoms with Crippen molar-refractivity contribution in [1.29, 1.82) is 0 Å². The van der Waals surface area contributed by atoms with Crippen LogP contribution in [0.25, 0.3) is 0 Å². The second-order valence-corrected chi connectivity index (χ2v) is 6.67. The fraction of sp³-hybridized carbons (Fsp3) is 0.688. The number of nitrogens with one attached hydrogen (secondary N) is 1. The van der Waals surface area contributed by atoms with E-state index in [2.05, 4.69) is 15.3 Å². The lowest BCUT2D eigenvalue weighted by molar-refractivity contribution is 0.0691. The Kier molecular flexibility index (Phi) is 3.83. The van der Waals surface area contributed by atoms with Crippen LogP contribution in [-0.2, 0) is 0 Å². The van der Waals surface area contributed by atoms with Crippen LogP contribution in [0.4, 0.5) is 5.69 Å². The Morgan fingerprint density at radius 1 is 1.33 bits per heavy atom. The van der Waals surface area contributed by atoms with E-state index in [0.717, 1.165) is 18.4 Å². The number of anilines is 1. The molecule has 0 bridgehead atoms. The summed E-state index contributed by atoms with van der Waals surface area (Å²) in [4.78, 5) is 19.9. The first-order valence-electron chi connectivity index (χ1n) is 7.90. The molecule has 3 rings (SSSR count). The molecule has 1 aromatic rings. The van der Waals surface area contributed by atoms with E-state index < -0.39 is 5.97 Å². The van der Waals surface area contributed by atoms with Gasteiger partial charge in [0.1, 0.15) is 5.82 Å². The highest BCUT2D eigenvalue weighted by Crippen LogP contribution is 2.49. The minimum absolute atomic E-state index is 0.0963. The van der Waals surface area contributed by atoms with Crippen LogP contribution in [-0.4, -0.2) is 27.6 Å². The third-order valence-corrected chi connectivity index (χ3v) is 4.51. The lowest BCUT2D eigenvalue weighted by Gasteiger charge is -2.18. The predicted molar refractivity (Wildman–Crippen MR) is 80.5 cm³/mol. The van der Waals surface area contributed by atoms with Crippen molar-refractivity contribution >= 4 is 11.7 Å². The monoisotopic (exact) mass is 289 g/mol. The van der Waals surface area contributed by atoms with E-state index in [0.29, 0.717) is 17.4 Å². The molecular formula is C16H23N3O2. The molecule has 2 N–H and O–H groups in total. The topological polar surface area (TPSA) is 75.1 Å². The summed E-state index contributed by atoms with van der Waals surface area (Å²) in [5, 5.41) is 12.6. The molecule has 0 radical (unpaired) electrons. The molecule has 2 fully saturated rings. The van der Waals surface area contributed by atoms with Crippen LogP contribution in [0, 0.1) is 17.8 Å². The van der Waals surface area contributed by atoms with Crippen molar-refractivity contribution in [1.82, 2.24) is 9.97 Å². The number of rotatable bonds is 7. The summed E-state index contributed by atoms with van der Waals surface area (Å²) >= 11 is 0. The minimum Gasteiger partial charge on any atom is -0.476 e. The molecule has 0 aromatic carbocycles. The first kappa shape index (κ1) is 14.3. The van der Waals surface area contributed by atoms with E-state index in [-0.39, 0.29) is 11.6 Å². The highest BCUT2D eigenvalue weighted by Gasteiger charge is 2.41. The summed E-state index contributed by atoms with van der Waals surface area (Å²) in [5.41, 5.74) is 0.650. The zero-order valence-electron chi connectivity index (χ0n) is 12.7. The number of carbonyl (C=O) groups is 1. The molecule has 2 saturated carbocycles. The van der Waals surface area contributed by atoms with Gasteiger partial charge < -0.3 is 10.4 Å². The second kappa shape index (κ2) is 5.62. The zero-order valence-corrected chi connectivity index (χ0v) is 12.7. The Morgan fingerprint density at radius 3 is 2.43 bits per heavy atom. The van der Waals surface area contributed by atoms with Gasteiger partial charge in [-0.3, -0.25) is 0 Å². The van der Waals surface area contributed by atoms with Crippen molar-refractivity contribution in [2.24, 2.45) is 17.8 Å². The van der Waals surface area contributed by atoms with Crippen LogP contribution in [0.1, 0.15) is 61.8 Å². The van der Waals surface area contributed by atoms with Crippen LogP contribution in [0.3, 0.4) is 0 Å². The molecular weight excluding hydrogens is 266 g/mol. The fourth-order valence-electron chi connectivity index (χ4n) is 2.96. The molecule has 0 saturated heterocycles. The van der Waals surface area contributed by atoms with Crippen molar-refractivity contribution in [2.45, 2.75) is 45.4 Å². The smallest absolute Gasteiger partial charge is 0.356 e. The van der Waals surface area contributed by atoms with E-state index in [1.54, 1.807) is 6.20 Å². The van der Waals surface area contributed by atoms with E-state index in [1.807, 2.05) is 13.8 Å². The molecule has 21 heavy (non-hydrogen) atoms. The van der Waals surface area contributed by atoms with Gasteiger partial charge in [0.25, 0.3) is 0 Å². The van der Waals surface area contributed by atoms with E-state index >= 15 is 0 Å². The molecule has 0 amide bonds. The van der Waals surface area contributed by atoms with Crippen LogP contribution in [0.15, 0.2) is 6.20 Å². The first-order chi connectivity index (χ1) is 10.1. The summed E-state index contributed by atoms with van der Waals surface area (Å²) in [6.07, 6.45) is 6.95. The minimum atomic E-state index is -0.990. The number of carboxylic acid groups (broad SMARTS) is 1. The summed E-state index contributed by atoms with van der Waals surface area (Å²) < 4.78 is 0. The Hall–Kier alpha value is -1.65. The molecule has 2 aliphatic rings. The number of nitrogens with zero attached hydrogens (tertiary/aromatic N) is 2. The highest BCUT2D eigenvalue weighted by atomic mass is 16.4. The van der Waals surface area contributed by atoms with E-state index in [4.69, 9.17) is 0 Å². The molecule has 1 aromatic heterocycles. The number of hydrogen-bond donors (Lipinski definition) is 2. The van der Waals surface area contributed by atoms with Gasteiger partial charge in [-0.2, -0.15) is 0 Å². The third kappa shape index (κ3) is 3.34. The summed E-state index contributed by atoms with van der Waals surface area (Å²) in [5.74, 6) is 2.09. The van der Waals surface area contributed by atoms with Gasteiger partial charge in [0.05, 0.1) is 11.9 Å². The molecule has 0 unspecified atom stereocenters. The van der Waals surface area contributed by atoms with Crippen molar-refractivity contribution in [3.05, 3.63) is 17.7 Å². The van der Waals surface area contributed by atoms with Gasteiger partial charge in [-0.15, -0.1) is 0 Å². The number of carboxylic acids is 1. The maximum Gasteiger partial charge on any atom is 0.356 e. The maximum absolute atomic E-state index is 11.4. The normalized spacial score (nSPS) is 18.3. The molecule has 1 heterocycles. The maximum atomic E-state index is 11.4. The van der Waals surface area contributed by atoms with Crippen LogP contribution in [0.2, 0.25) is 0 Å². The predicted octanol–water partition coefficient (Wildman–Crippen LogP) is 3.15. The lowest BCUT2D eigenvalue weighted by atomic mass is 9.98. The molecule has 114 valence electrons. The Labute approximate surface area is 125 Å². The van der Waals surface area contributed by atoms with Gasteiger partial charge >= 0.3 is 5.97 Å². The highest BCUT2D eigenvalue weighted by molar-refractivity contribution is 5.91. The van der Waals surface area contributed by atoms with Crippen LogP contribution < -0.4 is 5.32 Å². The molecule has 5 heteroatoms. The summed E-state index contributed by atoms with van der Waals surface area (Å²) in [6, 6.07) is 0. The van der Waals surface area contributed by atoms with Crippen molar-refractivity contribution in [3.8, 4) is 0 Å². The fourth-order valence-corrected chi connectivity index (χ4v) is 2.96. The van der Waals surface area contributed by atoms with Crippen LogP contribution in [0.5, 0.6) is 0 Å². The van der Waals surface area contributed by atoms with Crippen molar-refractivity contribution in [2.75, 3.05) is 11.9 Å². The number of aromatic carboxylic acids is 1. The van der Waals surface area contributed by atoms with E-state index in [1.165, 1.54) is 25.7 Å². The average molecular weight is 289 g/mol. The molecule has 0 atom stereocenters. The Morgan fingerprint density at radius 2 is 1.95 bits per heavy atom. The van der Waals surface area contributed by atoms with Gasteiger partial charge in [-0.1, -0.05) is 13.8 Å². The molecule has 0 spiro atoms. The van der Waals surface area contributed by atoms with Gasteiger partial charge in [-0.25, -0.2) is 14.8 Å². The van der Waals surface area contributed by atoms with Gasteiger partial charge in [0.2, 0.25) is 0 Å². The first-order valence-corrected chi connectivity index (χ1v) is 7.90. The molecule has 2 aliphatic carbocycles. The quantitative estimate of drug-likeness (QED) is 0.806. The average Bonchev–Trinajstić information content (AvgIpc) is 3.32. The lowest BCUT2D eigenvalue weighted by Crippen LogP contribution is -2.20.